The van der Waals surface area contributed by atoms with Crippen LogP contribution in [-0.2, 0) is 0 Å². The molecule has 148 valence electrons. The van der Waals surface area contributed by atoms with Crippen LogP contribution in [0.4, 0.5) is 21.6 Å². The van der Waals surface area contributed by atoms with Gasteiger partial charge in [0.15, 0.2) is 5.82 Å². The van der Waals surface area contributed by atoms with Gasteiger partial charge in [0.05, 0.1) is 0 Å². The van der Waals surface area contributed by atoms with Gasteiger partial charge in [-0.1, -0.05) is 35.9 Å². The van der Waals surface area contributed by atoms with Crippen molar-refractivity contribution in [3.8, 4) is 11.4 Å². The molecule has 1 heterocycles. The number of hydrogen-bond acceptors (Lipinski definition) is 4. The Labute approximate surface area is 173 Å². The van der Waals surface area contributed by atoms with E-state index in [2.05, 4.69) is 20.6 Å². The zero-order chi connectivity index (χ0) is 20.9. The number of carbonyl (C=O) groups is 1. The van der Waals surface area contributed by atoms with Crippen LogP contribution < -0.4 is 10.6 Å². The minimum atomic E-state index is -0.401. The van der Waals surface area contributed by atoms with Crippen LogP contribution in [0.1, 0.15) is 15.9 Å². The summed E-state index contributed by atoms with van der Waals surface area (Å²) >= 11 is 0. The van der Waals surface area contributed by atoms with Crippen LogP contribution in [0.15, 0.2) is 85.1 Å². The Bertz CT molecular complexity index is 1170. The van der Waals surface area contributed by atoms with E-state index >= 15 is 0 Å². The number of hydrogen-bond donors (Lipinski definition) is 2. The highest BCUT2D eigenvalue weighted by molar-refractivity contribution is 6.04. The standard InChI is InChI=1S/C24H19FN4O/c1-16-5-7-17(8-6-16)23-26-14-13-22(29-23)27-20-11-9-18(10-12-20)24(30)28-21-4-2-3-19(25)15-21/h2-15H,1H3,(H,28,30)(H,26,27,29). The van der Waals surface area contributed by atoms with Crippen molar-refractivity contribution in [2.75, 3.05) is 10.6 Å². The predicted octanol–water partition coefficient (Wildman–Crippen LogP) is 5.59. The molecule has 0 fully saturated rings. The molecule has 0 atom stereocenters. The second kappa shape index (κ2) is 8.53. The molecule has 3 aromatic carbocycles. The molecule has 0 radical (unpaired) electrons. The van der Waals surface area contributed by atoms with Crippen LogP contribution in [0.2, 0.25) is 0 Å². The average molecular weight is 398 g/mol. The Hall–Kier alpha value is -4.06. The molecule has 0 saturated heterocycles. The predicted molar refractivity (Wildman–Crippen MR) is 116 cm³/mol. The molecule has 0 spiro atoms. The van der Waals surface area contributed by atoms with Gasteiger partial charge in [0.1, 0.15) is 11.6 Å². The second-order valence-electron chi connectivity index (χ2n) is 6.80. The SMILES string of the molecule is Cc1ccc(-c2nccc(Nc3ccc(C(=O)Nc4cccc(F)c4)cc3)n2)cc1. The maximum absolute atomic E-state index is 13.3. The zero-order valence-electron chi connectivity index (χ0n) is 16.3. The lowest BCUT2D eigenvalue weighted by atomic mass is 10.1. The Morgan fingerprint density at radius 3 is 2.40 bits per heavy atom. The number of aromatic nitrogens is 2. The number of aryl methyl sites for hydroxylation is 1. The molecule has 1 aromatic heterocycles. The molecule has 0 bridgehead atoms. The third kappa shape index (κ3) is 4.67. The van der Waals surface area contributed by atoms with E-state index in [4.69, 9.17) is 0 Å². The minimum Gasteiger partial charge on any atom is -0.340 e. The maximum atomic E-state index is 13.3. The second-order valence-corrected chi connectivity index (χ2v) is 6.80. The van der Waals surface area contributed by atoms with Gasteiger partial charge >= 0.3 is 0 Å². The van der Waals surface area contributed by atoms with Crippen LogP contribution in [0, 0.1) is 12.7 Å². The quantitative estimate of drug-likeness (QED) is 0.460. The van der Waals surface area contributed by atoms with Gasteiger partial charge in [-0.25, -0.2) is 14.4 Å². The average Bonchev–Trinajstić information content (AvgIpc) is 2.75. The first-order valence-corrected chi connectivity index (χ1v) is 9.41. The first-order chi connectivity index (χ1) is 14.6. The highest BCUT2D eigenvalue weighted by Crippen LogP contribution is 2.20. The van der Waals surface area contributed by atoms with Gasteiger partial charge in [0.2, 0.25) is 0 Å². The molecule has 0 unspecified atom stereocenters. The summed E-state index contributed by atoms with van der Waals surface area (Å²) < 4.78 is 13.3. The number of carbonyl (C=O) groups excluding carboxylic acids is 1. The van der Waals surface area contributed by atoms with Crippen LogP contribution >= 0.6 is 0 Å². The molecule has 30 heavy (non-hydrogen) atoms. The van der Waals surface area contributed by atoms with E-state index in [-0.39, 0.29) is 5.91 Å². The highest BCUT2D eigenvalue weighted by Gasteiger charge is 2.08. The molecule has 2 N–H and O–H groups in total. The smallest absolute Gasteiger partial charge is 0.255 e. The van der Waals surface area contributed by atoms with E-state index in [0.29, 0.717) is 22.9 Å². The van der Waals surface area contributed by atoms with Crippen LogP contribution in [0.5, 0.6) is 0 Å². The molecular formula is C24H19FN4O. The van der Waals surface area contributed by atoms with E-state index in [1.54, 1.807) is 48.7 Å². The minimum absolute atomic E-state index is 0.309. The van der Waals surface area contributed by atoms with Crippen molar-refractivity contribution in [1.82, 2.24) is 9.97 Å². The van der Waals surface area contributed by atoms with E-state index in [0.717, 1.165) is 11.3 Å². The lowest BCUT2D eigenvalue weighted by Crippen LogP contribution is -2.11. The van der Waals surface area contributed by atoms with E-state index < -0.39 is 5.82 Å². The first kappa shape index (κ1) is 19.3. The van der Waals surface area contributed by atoms with Gasteiger partial charge in [-0.05, 0) is 55.5 Å². The summed E-state index contributed by atoms with van der Waals surface area (Å²) in [6.07, 6.45) is 1.70. The number of amides is 1. The van der Waals surface area contributed by atoms with Crippen molar-refractivity contribution in [3.63, 3.8) is 0 Å². The third-order valence-corrected chi connectivity index (χ3v) is 4.47. The Kier molecular flexibility index (Phi) is 5.48. The molecule has 4 aromatic rings. The van der Waals surface area contributed by atoms with Crippen molar-refractivity contribution in [1.29, 1.82) is 0 Å². The molecule has 0 aliphatic heterocycles. The monoisotopic (exact) mass is 398 g/mol. The van der Waals surface area contributed by atoms with Crippen molar-refractivity contribution < 1.29 is 9.18 Å². The molecule has 0 aliphatic rings. The topological polar surface area (TPSA) is 66.9 Å². The largest absolute Gasteiger partial charge is 0.340 e. The molecule has 5 nitrogen and oxygen atoms in total. The number of halogens is 1. The van der Waals surface area contributed by atoms with Crippen molar-refractivity contribution in [2.24, 2.45) is 0 Å². The van der Waals surface area contributed by atoms with Crippen molar-refractivity contribution in [2.45, 2.75) is 6.92 Å². The number of nitrogens with one attached hydrogen (secondary N) is 2. The molecule has 0 saturated carbocycles. The normalized spacial score (nSPS) is 10.5. The fraction of sp³-hybridized carbons (Fsp3) is 0.0417. The van der Waals surface area contributed by atoms with Gasteiger partial charge in [0.25, 0.3) is 5.91 Å². The Balaban J connectivity index is 1.45. The summed E-state index contributed by atoms with van der Waals surface area (Å²) in [5, 5.41) is 5.89. The van der Waals surface area contributed by atoms with E-state index in [1.807, 2.05) is 31.2 Å². The van der Waals surface area contributed by atoms with Gasteiger partial charge in [0, 0.05) is 28.7 Å². The summed E-state index contributed by atoms with van der Waals surface area (Å²) in [7, 11) is 0. The van der Waals surface area contributed by atoms with Gasteiger partial charge in [-0.15, -0.1) is 0 Å². The summed E-state index contributed by atoms with van der Waals surface area (Å²) in [5.41, 5.74) is 3.77. The fourth-order valence-electron chi connectivity index (χ4n) is 2.89. The number of rotatable bonds is 5. The van der Waals surface area contributed by atoms with Crippen LogP contribution in [-0.4, -0.2) is 15.9 Å². The van der Waals surface area contributed by atoms with Gasteiger partial charge in [-0.2, -0.15) is 0 Å². The number of benzene rings is 3. The Morgan fingerprint density at radius 1 is 0.900 bits per heavy atom. The molecule has 1 amide bonds. The van der Waals surface area contributed by atoms with E-state index in [9.17, 15) is 9.18 Å². The summed E-state index contributed by atoms with van der Waals surface area (Å²) in [6, 6.07) is 22.5. The zero-order valence-corrected chi connectivity index (χ0v) is 16.3. The maximum Gasteiger partial charge on any atom is 0.255 e. The fourth-order valence-corrected chi connectivity index (χ4v) is 2.89. The summed E-state index contributed by atoms with van der Waals surface area (Å²) in [4.78, 5) is 21.2. The Morgan fingerprint density at radius 2 is 1.67 bits per heavy atom. The van der Waals surface area contributed by atoms with Crippen LogP contribution in [0.3, 0.4) is 0 Å². The lowest BCUT2D eigenvalue weighted by molar-refractivity contribution is 0.102. The van der Waals surface area contributed by atoms with Gasteiger partial charge < -0.3 is 10.6 Å². The molecule has 6 heteroatoms. The summed E-state index contributed by atoms with van der Waals surface area (Å²) in [6.45, 7) is 2.03. The van der Waals surface area contributed by atoms with Gasteiger partial charge in [-0.3, -0.25) is 4.79 Å². The molecular weight excluding hydrogens is 379 g/mol. The third-order valence-electron chi connectivity index (χ3n) is 4.47. The van der Waals surface area contributed by atoms with Crippen LogP contribution in [0.25, 0.3) is 11.4 Å². The molecule has 4 rings (SSSR count). The lowest BCUT2D eigenvalue weighted by Gasteiger charge is -2.09. The first-order valence-electron chi connectivity index (χ1n) is 9.41. The van der Waals surface area contributed by atoms with E-state index in [1.165, 1.54) is 17.7 Å². The summed E-state index contributed by atoms with van der Waals surface area (Å²) in [5.74, 6) is 0.571. The highest BCUT2D eigenvalue weighted by atomic mass is 19.1. The number of anilines is 3. The van der Waals surface area contributed by atoms with Crippen molar-refractivity contribution >= 4 is 23.1 Å². The molecule has 0 aliphatic carbocycles. The van der Waals surface area contributed by atoms with Crippen molar-refractivity contribution in [3.05, 3.63) is 102 Å². The number of nitrogens with zero attached hydrogens (tertiary/aromatic N) is 2.